The van der Waals surface area contributed by atoms with Crippen molar-refractivity contribution in [1.82, 2.24) is 18.6 Å². The highest BCUT2D eigenvalue weighted by Crippen LogP contribution is 2.33. The largest absolute Gasteiger partial charge is 0.486 e. The van der Waals surface area contributed by atoms with Crippen LogP contribution >= 0.6 is 0 Å². The van der Waals surface area contributed by atoms with Crippen molar-refractivity contribution in [3.8, 4) is 11.5 Å². The van der Waals surface area contributed by atoms with Gasteiger partial charge in [-0.05, 0) is 31.2 Å². The first-order chi connectivity index (χ1) is 14.9. The number of piperazine rings is 1. The van der Waals surface area contributed by atoms with Crippen molar-refractivity contribution in [2.24, 2.45) is 0 Å². The summed E-state index contributed by atoms with van der Waals surface area (Å²) in [4.78, 5) is 19.1. The summed E-state index contributed by atoms with van der Waals surface area (Å²) in [6, 6.07) is 10.3. The molecule has 9 nitrogen and oxygen atoms in total. The molecule has 4 heterocycles. The summed E-state index contributed by atoms with van der Waals surface area (Å²) in [5, 5.41) is 0. The van der Waals surface area contributed by atoms with Crippen LogP contribution in [0.4, 0.5) is 0 Å². The molecule has 1 saturated heterocycles. The molecule has 2 aliphatic heterocycles. The van der Waals surface area contributed by atoms with Gasteiger partial charge in [0.05, 0.1) is 4.90 Å². The second kappa shape index (κ2) is 7.54. The van der Waals surface area contributed by atoms with E-state index >= 15 is 0 Å². The van der Waals surface area contributed by atoms with Crippen molar-refractivity contribution in [1.29, 1.82) is 0 Å². The van der Waals surface area contributed by atoms with E-state index in [9.17, 15) is 13.2 Å². The van der Waals surface area contributed by atoms with Gasteiger partial charge >= 0.3 is 0 Å². The molecule has 5 rings (SSSR count). The van der Waals surface area contributed by atoms with Crippen LogP contribution in [0.2, 0.25) is 0 Å². The lowest BCUT2D eigenvalue weighted by atomic mass is 10.3. The minimum atomic E-state index is -3.70. The fourth-order valence-corrected chi connectivity index (χ4v) is 5.32. The highest BCUT2D eigenvalue weighted by atomic mass is 32.2. The van der Waals surface area contributed by atoms with E-state index in [-0.39, 0.29) is 23.9 Å². The SMILES string of the molecule is Cc1cccc2nc(C(=O)N3CCN(S(=O)(=O)c4ccc5c(c4)OCCO5)CC3)cn12. The second-order valence-electron chi connectivity index (χ2n) is 7.52. The number of ether oxygens (including phenoxy) is 2. The average molecular weight is 442 g/mol. The summed E-state index contributed by atoms with van der Waals surface area (Å²) in [5.74, 6) is 0.783. The maximum atomic E-state index is 13.1. The van der Waals surface area contributed by atoms with E-state index in [2.05, 4.69) is 4.98 Å². The van der Waals surface area contributed by atoms with Gasteiger partial charge in [0.25, 0.3) is 5.91 Å². The zero-order valence-corrected chi connectivity index (χ0v) is 17.8. The number of aryl methyl sites for hydroxylation is 1. The van der Waals surface area contributed by atoms with Gasteiger partial charge in [-0.3, -0.25) is 4.79 Å². The van der Waals surface area contributed by atoms with E-state index in [4.69, 9.17) is 9.47 Å². The highest BCUT2D eigenvalue weighted by Gasteiger charge is 2.32. The summed E-state index contributed by atoms with van der Waals surface area (Å²) in [7, 11) is -3.70. The van der Waals surface area contributed by atoms with E-state index in [1.165, 1.54) is 16.4 Å². The average Bonchev–Trinajstić information content (AvgIpc) is 3.24. The smallest absolute Gasteiger partial charge is 0.274 e. The van der Waals surface area contributed by atoms with Crippen LogP contribution in [0.1, 0.15) is 16.2 Å². The zero-order valence-electron chi connectivity index (χ0n) is 17.0. The highest BCUT2D eigenvalue weighted by molar-refractivity contribution is 7.89. The normalized spacial score (nSPS) is 17.1. The lowest BCUT2D eigenvalue weighted by molar-refractivity contribution is 0.0692. The van der Waals surface area contributed by atoms with Gasteiger partial charge < -0.3 is 18.8 Å². The molecule has 1 fully saturated rings. The molecule has 31 heavy (non-hydrogen) atoms. The van der Waals surface area contributed by atoms with E-state index in [0.717, 1.165) is 5.69 Å². The Morgan fingerprint density at radius 2 is 1.74 bits per heavy atom. The Morgan fingerprint density at radius 3 is 2.48 bits per heavy atom. The molecule has 0 bridgehead atoms. The van der Waals surface area contributed by atoms with Gasteiger partial charge in [-0.2, -0.15) is 4.31 Å². The summed E-state index contributed by atoms with van der Waals surface area (Å²) >= 11 is 0. The molecular weight excluding hydrogens is 420 g/mol. The van der Waals surface area contributed by atoms with Gasteiger partial charge in [-0.1, -0.05) is 6.07 Å². The van der Waals surface area contributed by atoms with Crippen LogP contribution in [0.25, 0.3) is 5.65 Å². The third-order valence-corrected chi connectivity index (χ3v) is 7.49. The number of sulfonamides is 1. The second-order valence-corrected chi connectivity index (χ2v) is 9.46. The number of pyridine rings is 1. The van der Waals surface area contributed by atoms with Crippen LogP contribution in [0.3, 0.4) is 0 Å². The van der Waals surface area contributed by atoms with Crippen molar-refractivity contribution in [3.63, 3.8) is 0 Å². The molecule has 2 aromatic heterocycles. The van der Waals surface area contributed by atoms with Crippen LogP contribution in [0.5, 0.6) is 11.5 Å². The molecule has 1 aromatic carbocycles. The van der Waals surface area contributed by atoms with Crippen LogP contribution in [-0.4, -0.2) is 72.3 Å². The Hall–Kier alpha value is -3.11. The third kappa shape index (κ3) is 3.51. The first kappa shape index (κ1) is 19.8. The Labute approximate surface area is 179 Å². The van der Waals surface area contributed by atoms with E-state index in [1.807, 2.05) is 29.5 Å². The molecule has 162 valence electrons. The third-order valence-electron chi connectivity index (χ3n) is 5.59. The Morgan fingerprint density at radius 1 is 1.00 bits per heavy atom. The van der Waals surface area contributed by atoms with Crippen molar-refractivity contribution in [2.75, 3.05) is 39.4 Å². The topological polar surface area (TPSA) is 93.5 Å². The number of hydrogen-bond donors (Lipinski definition) is 0. The van der Waals surface area contributed by atoms with Crippen LogP contribution in [0, 0.1) is 6.92 Å². The maximum absolute atomic E-state index is 13.1. The minimum absolute atomic E-state index is 0.160. The molecule has 0 saturated carbocycles. The predicted octanol–water partition coefficient (Wildman–Crippen LogP) is 1.56. The molecule has 0 unspecified atom stereocenters. The number of nitrogens with zero attached hydrogens (tertiary/aromatic N) is 4. The quantitative estimate of drug-likeness (QED) is 0.611. The fourth-order valence-electron chi connectivity index (χ4n) is 3.88. The van der Waals surface area contributed by atoms with Gasteiger partial charge in [-0.15, -0.1) is 0 Å². The van der Waals surface area contributed by atoms with E-state index in [0.29, 0.717) is 49.1 Å². The van der Waals surface area contributed by atoms with Crippen molar-refractivity contribution in [3.05, 3.63) is 54.0 Å². The number of rotatable bonds is 3. The van der Waals surface area contributed by atoms with Crippen LogP contribution in [0.15, 0.2) is 47.5 Å². The van der Waals surface area contributed by atoms with E-state index < -0.39 is 10.0 Å². The number of fused-ring (bicyclic) bond motifs is 2. The molecule has 1 amide bonds. The standard InChI is InChI=1S/C21H22N4O5S/c1-15-3-2-4-20-22-17(14-25(15)20)21(26)23-7-9-24(10-8-23)31(27,28)16-5-6-18-19(13-16)30-12-11-29-18/h2-6,13-14H,7-12H2,1H3. The molecule has 10 heteroatoms. The maximum Gasteiger partial charge on any atom is 0.274 e. The molecule has 0 atom stereocenters. The number of carbonyl (C=O) groups is 1. The van der Waals surface area contributed by atoms with Crippen LogP contribution in [-0.2, 0) is 10.0 Å². The lowest BCUT2D eigenvalue weighted by Gasteiger charge is -2.33. The van der Waals surface area contributed by atoms with E-state index in [1.54, 1.807) is 17.2 Å². The van der Waals surface area contributed by atoms with Gasteiger partial charge in [0.15, 0.2) is 11.5 Å². The lowest BCUT2D eigenvalue weighted by Crippen LogP contribution is -2.50. The van der Waals surface area contributed by atoms with Crippen molar-refractivity contribution >= 4 is 21.6 Å². The number of imidazole rings is 1. The Balaban J connectivity index is 1.30. The van der Waals surface area contributed by atoms with Crippen LogP contribution < -0.4 is 9.47 Å². The number of carbonyl (C=O) groups excluding carboxylic acids is 1. The molecule has 0 radical (unpaired) electrons. The van der Waals surface area contributed by atoms with Gasteiger partial charge in [0.2, 0.25) is 10.0 Å². The fraction of sp³-hybridized carbons (Fsp3) is 0.333. The van der Waals surface area contributed by atoms with Gasteiger partial charge in [0, 0.05) is 44.1 Å². The number of benzene rings is 1. The molecule has 0 aliphatic carbocycles. The molecule has 0 spiro atoms. The summed E-state index contributed by atoms with van der Waals surface area (Å²) < 4.78 is 40.4. The number of amides is 1. The molecule has 2 aliphatic rings. The zero-order chi connectivity index (χ0) is 21.6. The molecule has 3 aromatic rings. The van der Waals surface area contributed by atoms with Gasteiger partial charge in [-0.25, -0.2) is 13.4 Å². The first-order valence-corrected chi connectivity index (χ1v) is 11.5. The van der Waals surface area contributed by atoms with Crippen molar-refractivity contribution in [2.45, 2.75) is 11.8 Å². The Kier molecular flexibility index (Phi) is 4.82. The Bertz CT molecular complexity index is 1260. The monoisotopic (exact) mass is 442 g/mol. The number of hydrogen-bond acceptors (Lipinski definition) is 6. The molecule has 0 N–H and O–H groups in total. The minimum Gasteiger partial charge on any atom is -0.486 e. The van der Waals surface area contributed by atoms with Gasteiger partial charge in [0.1, 0.15) is 24.6 Å². The predicted molar refractivity (Wildman–Crippen MR) is 112 cm³/mol. The number of aromatic nitrogens is 2. The molecular formula is C21H22N4O5S. The first-order valence-electron chi connectivity index (χ1n) is 10.1. The summed E-state index contributed by atoms with van der Waals surface area (Å²) in [6.07, 6.45) is 1.73. The summed E-state index contributed by atoms with van der Waals surface area (Å²) in [5.41, 5.74) is 2.06. The summed E-state index contributed by atoms with van der Waals surface area (Å²) in [6.45, 7) is 3.82. The van der Waals surface area contributed by atoms with Crippen molar-refractivity contribution < 1.29 is 22.7 Å².